The third-order valence-corrected chi connectivity index (χ3v) is 9.63. The number of benzene rings is 9. The van der Waals surface area contributed by atoms with Crippen molar-refractivity contribution in [1.82, 2.24) is 0 Å². The van der Waals surface area contributed by atoms with Gasteiger partial charge in [-0.15, -0.1) is 0 Å². The summed E-state index contributed by atoms with van der Waals surface area (Å²) >= 11 is 0. The first kappa shape index (κ1) is 28.0. The molecule has 0 aliphatic carbocycles. The van der Waals surface area contributed by atoms with E-state index in [0.29, 0.717) is 0 Å². The molecule has 0 radical (unpaired) electrons. The van der Waals surface area contributed by atoms with Crippen molar-refractivity contribution in [3.8, 4) is 55.6 Å². The zero-order chi connectivity index (χ0) is 31.9. The first-order valence-electron chi connectivity index (χ1n) is 16.6. The minimum atomic E-state index is 1.21. The van der Waals surface area contributed by atoms with Gasteiger partial charge < -0.3 is 0 Å². The van der Waals surface area contributed by atoms with E-state index in [9.17, 15) is 0 Å². The second-order valence-corrected chi connectivity index (χ2v) is 12.4. The highest BCUT2D eigenvalue weighted by atomic mass is 14.2. The molecule has 0 heteroatoms. The Labute approximate surface area is 281 Å². The largest absolute Gasteiger partial charge is 0.0622 e. The highest BCUT2D eigenvalue weighted by molar-refractivity contribution is 6.22. The maximum Gasteiger partial charge on any atom is -0.00259 e. The van der Waals surface area contributed by atoms with Crippen molar-refractivity contribution in [2.45, 2.75) is 0 Å². The van der Waals surface area contributed by atoms with E-state index in [4.69, 9.17) is 0 Å². The summed E-state index contributed by atoms with van der Waals surface area (Å²) in [7, 11) is 0. The summed E-state index contributed by atoms with van der Waals surface area (Å²) in [6.45, 7) is 0. The van der Waals surface area contributed by atoms with Crippen LogP contribution in [0.5, 0.6) is 0 Å². The van der Waals surface area contributed by atoms with Gasteiger partial charge in [-0.1, -0.05) is 176 Å². The molecule has 0 unspecified atom stereocenters. The predicted octanol–water partition coefficient (Wildman–Crippen LogP) is 13.5. The van der Waals surface area contributed by atoms with Crippen LogP contribution in [-0.4, -0.2) is 0 Å². The molecule has 0 aromatic heterocycles. The van der Waals surface area contributed by atoms with Gasteiger partial charge in [-0.05, 0) is 106 Å². The summed E-state index contributed by atoms with van der Waals surface area (Å²) in [5.74, 6) is 0. The van der Waals surface area contributed by atoms with Crippen LogP contribution in [-0.2, 0) is 0 Å². The van der Waals surface area contributed by atoms with E-state index in [2.05, 4.69) is 194 Å². The Bertz CT molecular complexity index is 2460. The van der Waals surface area contributed by atoms with Crippen molar-refractivity contribution in [1.29, 1.82) is 0 Å². The molecular formula is C48H32. The van der Waals surface area contributed by atoms with E-state index >= 15 is 0 Å². The molecular weight excluding hydrogens is 577 g/mol. The molecule has 0 N–H and O–H groups in total. The molecule has 0 amide bonds. The monoisotopic (exact) mass is 608 g/mol. The van der Waals surface area contributed by atoms with E-state index in [1.54, 1.807) is 0 Å². The molecule has 0 aliphatic rings. The molecule has 0 fully saturated rings. The molecule has 9 aromatic rings. The van der Waals surface area contributed by atoms with Crippen molar-refractivity contribution < 1.29 is 0 Å². The van der Waals surface area contributed by atoms with Gasteiger partial charge in [-0.2, -0.15) is 0 Å². The quantitative estimate of drug-likeness (QED) is 0.171. The predicted molar refractivity (Wildman–Crippen MR) is 206 cm³/mol. The second-order valence-electron chi connectivity index (χ2n) is 12.4. The Morgan fingerprint density at radius 3 is 1.10 bits per heavy atom. The van der Waals surface area contributed by atoms with Crippen LogP contribution in [0.15, 0.2) is 194 Å². The molecule has 0 saturated heterocycles. The van der Waals surface area contributed by atoms with E-state index < -0.39 is 0 Å². The third-order valence-electron chi connectivity index (χ3n) is 9.63. The molecule has 0 atom stereocenters. The summed E-state index contributed by atoms with van der Waals surface area (Å²) in [6, 6.07) is 70.8. The Balaban J connectivity index is 1.41. The highest BCUT2D eigenvalue weighted by Crippen LogP contribution is 2.48. The lowest BCUT2D eigenvalue weighted by Crippen LogP contribution is -1.95. The lowest BCUT2D eigenvalue weighted by Gasteiger charge is -2.22. The number of fused-ring (bicyclic) bond motifs is 3. The molecule has 224 valence electrons. The molecule has 0 saturated carbocycles. The number of hydrogen-bond acceptors (Lipinski definition) is 0. The average Bonchev–Trinajstić information content (AvgIpc) is 3.17. The van der Waals surface area contributed by atoms with Gasteiger partial charge in [-0.3, -0.25) is 0 Å². The maximum absolute atomic E-state index is 2.42. The van der Waals surface area contributed by atoms with Gasteiger partial charge in [0.05, 0.1) is 0 Å². The summed E-state index contributed by atoms with van der Waals surface area (Å²) in [5.41, 5.74) is 12.3. The fourth-order valence-electron chi connectivity index (χ4n) is 7.49. The topological polar surface area (TPSA) is 0 Å². The van der Waals surface area contributed by atoms with E-state index in [1.807, 2.05) is 0 Å². The van der Waals surface area contributed by atoms with Crippen molar-refractivity contribution in [2.75, 3.05) is 0 Å². The van der Waals surface area contributed by atoms with Gasteiger partial charge in [0, 0.05) is 0 Å². The average molecular weight is 609 g/mol. The lowest BCUT2D eigenvalue weighted by molar-refractivity contribution is 1.55. The Hall–Kier alpha value is -6.24. The van der Waals surface area contributed by atoms with Crippen LogP contribution < -0.4 is 0 Å². The van der Waals surface area contributed by atoms with E-state index in [-0.39, 0.29) is 0 Å². The van der Waals surface area contributed by atoms with Crippen LogP contribution in [0, 0.1) is 0 Å². The van der Waals surface area contributed by atoms with Crippen LogP contribution in [0.4, 0.5) is 0 Å². The lowest BCUT2D eigenvalue weighted by atomic mass is 9.81. The molecule has 9 rings (SSSR count). The third kappa shape index (κ3) is 4.78. The Morgan fingerprint density at radius 2 is 0.604 bits per heavy atom. The zero-order valence-corrected chi connectivity index (χ0v) is 26.5. The first-order valence-corrected chi connectivity index (χ1v) is 16.6. The van der Waals surface area contributed by atoms with Crippen molar-refractivity contribution in [2.24, 2.45) is 0 Å². The van der Waals surface area contributed by atoms with Crippen LogP contribution in [0.2, 0.25) is 0 Å². The van der Waals surface area contributed by atoms with Crippen LogP contribution in [0.1, 0.15) is 0 Å². The van der Waals surface area contributed by atoms with Gasteiger partial charge in [0.1, 0.15) is 0 Å². The van der Waals surface area contributed by atoms with Gasteiger partial charge in [-0.25, -0.2) is 0 Å². The summed E-state index contributed by atoms with van der Waals surface area (Å²) in [6.07, 6.45) is 0. The second kappa shape index (κ2) is 11.8. The fourth-order valence-corrected chi connectivity index (χ4v) is 7.49. The van der Waals surface area contributed by atoms with Crippen LogP contribution in [0.3, 0.4) is 0 Å². The Kier molecular flexibility index (Phi) is 6.91. The molecule has 9 aromatic carbocycles. The minimum absolute atomic E-state index is 1.21. The molecule has 0 nitrogen and oxygen atoms in total. The van der Waals surface area contributed by atoms with Crippen molar-refractivity contribution in [3.05, 3.63) is 194 Å². The molecule has 48 heavy (non-hydrogen) atoms. The van der Waals surface area contributed by atoms with Crippen molar-refractivity contribution >= 4 is 32.3 Å². The maximum atomic E-state index is 2.42. The molecule has 0 heterocycles. The van der Waals surface area contributed by atoms with Gasteiger partial charge >= 0.3 is 0 Å². The minimum Gasteiger partial charge on any atom is -0.0622 e. The van der Waals surface area contributed by atoms with Gasteiger partial charge in [0.25, 0.3) is 0 Å². The fraction of sp³-hybridized carbons (Fsp3) is 0. The molecule has 0 bridgehead atoms. The summed E-state index contributed by atoms with van der Waals surface area (Å²) in [4.78, 5) is 0. The SMILES string of the molecule is c1ccc(-c2cc(-c3c4ccccc4c(-c4ccc5ccccc5c4)c4ccccc34)cc(-c3ccccc3)c2-c2ccccc2)cc1. The Morgan fingerprint density at radius 1 is 0.208 bits per heavy atom. The summed E-state index contributed by atoms with van der Waals surface area (Å²) in [5, 5.41) is 7.54. The number of rotatable bonds is 5. The molecule has 0 spiro atoms. The van der Waals surface area contributed by atoms with Gasteiger partial charge in [0.2, 0.25) is 0 Å². The van der Waals surface area contributed by atoms with Gasteiger partial charge in [0.15, 0.2) is 0 Å². The standard InChI is InChI=1S/C48H32/c1-4-17-34(18-5-1)44-31-39(32-45(35-19-6-2-7-20-35)46(44)36-21-8-3-9-22-36)48-42-26-14-12-24-40(42)47(41-25-13-15-27-43(41)48)38-29-28-33-16-10-11-23-37(33)30-38/h1-32H. The number of hydrogen-bond donors (Lipinski definition) is 0. The smallest absolute Gasteiger partial charge is 0.00259 e. The summed E-state index contributed by atoms with van der Waals surface area (Å²) < 4.78 is 0. The first-order chi connectivity index (χ1) is 23.8. The van der Waals surface area contributed by atoms with E-state index in [0.717, 1.165) is 0 Å². The van der Waals surface area contributed by atoms with Crippen LogP contribution >= 0.6 is 0 Å². The highest BCUT2D eigenvalue weighted by Gasteiger charge is 2.21. The van der Waals surface area contributed by atoms with Crippen molar-refractivity contribution in [3.63, 3.8) is 0 Å². The normalized spacial score (nSPS) is 11.3. The van der Waals surface area contributed by atoms with Crippen LogP contribution in [0.25, 0.3) is 88.0 Å². The van der Waals surface area contributed by atoms with E-state index in [1.165, 1.54) is 88.0 Å². The zero-order valence-electron chi connectivity index (χ0n) is 26.5. The molecule has 0 aliphatic heterocycles.